The Hall–Kier alpha value is -4.15. The lowest BCUT2D eigenvalue weighted by Gasteiger charge is -2.19. The minimum Gasteiger partial charge on any atom is -0.494 e. The van der Waals surface area contributed by atoms with Gasteiger partial charge in [0.25, 0.3) is 0 Å². The number of hydrogen-bond acceptors (Lipinski definition) is 9. The van der Waals surface area contributed by atoms with Crippen LogP contribution >= 0.6 is 11.6 Å². The van der Waals surface area contributed by atoms with Gasteiger partial charge in [0, 0.05) is 30.6 Å². The molecular weight excluding hydrogens is 506 g/mol. The van der Waals surface area contributed by atoms with E-state index in [-0.39, 0.29) is 11.9 Å². The van der Waals surface area contributed by atoms with Crippen LogP contribution in [-0.4, -0.2) is 59.1 Å². The molecule has 0 aliphatic carbocycles. The monoisotopic (exact) mass is 535 g/mol. The molecule has 0 unspecified atom stereocenters. The van der Waals surface area contributed by atoms with Crippen LogP contribution in [0.4, 0.5) is 17.3 Å². The van der Waals surface area contributed by atoms with E-state index in [1.54, 1.807) is 31.5 Å². The molecule has 1 aromatic carbocycles. The van der Waals surface area contributed by atoms with E-state index in [4.69, 9.17) is 26.8 Å². The number of hydrogen-bond donors (Lipinski definition) is 3. The Morgan fingerprint density at radius 3 is 2.71 bits per heavy atom. The molecule has 1 aliphatic heterocycles. The van der Waals surface area contributed by atoms with Crippen LogP contribution in [0, 0.1) is 0 Å². The summed E-state index contributed by atoms with van der Waals surface area (Å²) >= 11 is 6.42. The standard InChI is InChI=1S/C27H30ClN7O3/c1-3-25(36)32-22-14-21(23(37-2)15-24(22)38-13-12-35-10-6-7-11-35)33-27-31-17-19(28)26(34-27)18(16-29)20-8-4-5-9-30-20/h3-5,8-9,14-17H,1,6-7,10-13,29H2,2H3,(H,32,36)(H,31,33,34). The van der Waals surface area contributed by atoms with Crippen molar-refractivity contribution in [2.75, 3.05) is 44.0 Å². The molecule has 3 heterocycles. The predicted molar refractivity (Wildman–Crippen MR) is 149 cm³/mol. The number of halogens is 1. The Balaban J connectivity index is 1.62. The summed E-state index contributed by atoms with van der Waals surface area (Å²) in [5.41, 5.74) is 8.43. The maximum Gasteiger partial charge on any atom is 0.247 e. The third kappa shape index (κ3) is 6.58. The van der Waals surface area contributed by atoms with Gasteiger partial charge in [-0.25, -0.2) is 9.97 Å². The van der Waals surface area contributed by atoms with Crippen molar-refractivity contribution in [1.29, 1.82) is 0 Å². The third-order valence-corrected chi connectivity index (χ3v) is 6.24. The van der Waals surface area contributed by atoms with E-state index in [2.05, 4.69) is 37.1 Å². The van der Waals surface area contributed by atoms with Gasteiger partial charge in [0.15, 0.2) is 0 Å². The number of nitrogens with two attached hydrogens (primary N) is 1. The van der Waals surface area contributed by atoms with Crippen molar-refractivity contribution in [3.05, 3.63) is 78.0 Å². The topological polar surface area (TPSA) is 128 Å². The molecule has 11 heteroatoms. The molecule has 10 nitrogen and oxygen atoms in total. The first kappa shape index (κ1) is 26.9. The summed E-state index contributed by atoms with van der Waals surface area (Å²) in [5, 5.41) is 6.26. The Labute approximate surface area is 226 Å². The van der Waals surface area contributed by atoms with Gasteiger partial charge in [-0.05, 0) is 50.2 Å². The van der Waals surface area contributed by atoms with Crippen LogP contribution in [0.3, 0.4) is 0 Å². The van der Waals surface area contributed by atoms with Gasteiger partial charge in [-0.2, -0.15) is 0 Å². The zero-order chi connectivity index (χ0) is 26.9. The Bertz CT molecular complexity index is 1310. The summed E-state index contributed by atoms with van der Waals surface area (Å²) in [6.45, 7) is 6.95. The highest BCUT2D eigenvalue weighted by atomic mass is 35.5. The van der Waals surface area contributed by atoms with Crippen LogP contribution in [0.2, 0.25) is 5.02 Å². The van der Waals surface area contributed by atoms with E-state index < -0.39 is 0 Å². The molecular formula is C27H30ClN7O3. The van der Waals surface area contributed by atoms with E-state index >= 15 is 0 Å². The number of anilines is 3. The summed E-state index contributed by atoms with van der Waals surface area (Å²) in [6, 6.07) is 8.87. The van der Waals surface area contributed by atoms with E-state index in [1.807, 2.05) is 12.1 Å². The first-order valence-corrected chi connectivity index (χ1v) is 12.5. The number of benzene rings is 1. The first-order valence-electron chi connectivity index (χ1n) is 12.2. The lowest BCUT2D eigenvalue weighted by atomic mass is 10.1. The van der Waals surface area contributed by atoms with Gasteiger partial charge in [-0.15, -0.1) is 0 Å². The number of nitrogens with one attached hydrogen (secondary N) is 2. The predicted octanol–water partition coefficient (Wildman–Crippen LogP) is 4.22. The largest absolute Gasteiger partial charge is 0.494 e. The summed E-state index contributed by atoms with van der Waals surface area (Å²) in [4.78, 5) is 27.7. The highest BCUT2D eigenvalue weighted by Gasteiger charge is 2.18. The molecule has 4 N–H and O–H groups in total. The first-order chi connectivity index (χ1) is 18.5. The molecule has 0 saturated carbocycles. The number of nitrogens with zero attached hydrogens (tertiary/aromatic N) is 4. The normalized spacial score (nSPS) is 13.7. The molecule has 0 bridgehead atoms. The highest BCUT2D eigenvalue weighted by molar-refractivity contribution is 6.32. The molecule has 0 spiro atoms. The van der Waals surface area contributed by atoms with Gasteiger partial charge in [-0.3, -0.25) is 14.7 Å². The maximum atomic E-state index is 12.2. The van der Waals surface area contributed by atoms with E-state index in [1.165, 1.54) is 31.3 Å². The molecule has 198 valence electrons. The molecule has 1 fully saturated rings. The molecule has 1 amide bonds. The van der Waals surface area contributed by atoms with Crippen LogP contribution in [0.5, 0.6) is 11.5 Å². The fraction of sp³-hybridized carbons (Fsp3) is 0.259. The number of ether oxygens (including phenoxy) is 2. The molecule has 4 rings (SSSR count). The van der Waals surface area contributed by atoms with Crippen LogP contribution in [0.25, 0.3) is 5.57 Å². The van der Waals surface area contributed by atoms with Crippen molar-refractivity contribution in [3.8, 4) is 11.5 Å². The maximum absolute atomic E-state index is 12.2. The van der Waals surface area contributed by atoms with Gasteiger partial charge in [0.05, 0.1) is 41.1 Å². The summed E-state index contributed by atoms with van der Waals surface area (Å²) in [7, 11) is 1.54. The Morgan fingerprint density at radius 2 is 2.03 bits per heavy atom. The van der Waals surface area contributed by atoms with Crippen molar-refractivity contribution in [2.24, 2.45) is 5.73 Å². The quantitative estimate of drug-likeness (QED) is 0.309. The van der Waals surface area contributed by atoms with Gasteiger partial charge >= 0.3 is 0 Å². The lowest BCUT2D eigenvalue weighted by Crippen LogP contribution is -2.25. The average molecular weight is 536 g/mol. The summed E-state index contributed by atoms with van der Waals surface area (Å²) in [5.74, 6) is 0.811. The van der Waals surface area contributed by atoms with Crippen molar-refractivity contribution in [3.63, 3.8) is 0 Å². The molecule has 2 aromatic heterocycles. The SMILES string of the molecule is C=CC(=O)Nc1cc(Nc2ncc(Cl)c(C(=CN)c3ccccn3)n2)c(OC)cc1OCCN1CCCC1. The average Bonchev–Trinajstić information content (AvgIpc) is 3.46. The van der Waals surface area contributed by atoms with Crippen LogP contribution in [0.15, 0.2) is 61.6 Å². The third-order valence-electron chi connectivity index (χ3n) is 5.96. The molecule has 3 aromatic rings. The number of carbonyl (C=O) groups is 1. The Morgan fingerprint density at radius 1 is 1.21 bits per heavy atom. The number of amides is 1. The van der Waals surface area contributed by atoms with Gasteiger partial charge < -0.3 is 25.8 Å². The van der Waals surface area contributed by atoms with Crippen LogP contribution in [0.1, 0.15) is 24.2 Å². The molecule has 1 aliphatic rings. The van der Waals surface area contributed by atoms with E-state index in [0.29, 0.717) is 51.5 Å². The number of aromatic nitrogens is 3. The van der Waals surface area contributed by atoms with Crippen LogP contribution < -0.4 is 25.8 Å². The Kier molecular flexibility index (Phi) is 9.12. The number of rotatable bonds is 11. The van der Waals surface area contributed by atoms with Gasteiger partial charge in [0.2, 0.25) is 11.9 Å². The van der Waals surface area contributed by atoms with Crippen molar-refractivity contribution in [1.82, 2.24) is 19.9 Å². The summed E-state index contributed by atoms with van der Waals surface area (Å²) in [6.07, 6.45) is 8.13. The van der Waals surface area contributed by atoms with Crippen molar-refractivity contribution < 1.29 is 14.3 Å². The molecule has 0 radical (unpaired) electrons. The second kappa shape index (κ2) is 12.9. The fourth-order valence-corrected chi connectivity index (χ4v) is 4.26. The number of likely N-dealkylation sites (tertiary alicyclic amines) is 1. The van der Waals surface area contributed by atoms with Gasteiger partial charge in [-0.1, -0.05) is 24.2 Å². The molecule has 0 atom stereocenters. The second-order valence-electron chi connectivity index (χ2n) is 8.45. The fourth-order valence-electron chi connectivity index (χ4n) is 4.06. The zero-order valence-corrected chi connectivity index (χ0v) is 21.9. The van der Waals surface area contributed by atoms with Crippen molar-refractivity contribution >= 4 is 40.4 Å². The summed E-state index contributed by atoms with van der Waals surface area (Å²) < 4.78 is 11.7. The van der Waals surface area contributed by atoms with Crippen LogP contribution in [-0.2, 0) is 4.79 Å². The van der Waals surface area contributed by atoms with Gasteiger partial charge in [0.1, 0.15) is 18.1 Å². The minimum absolute atomic E-state index is 0.238. The molecule has 1 saturated heterocycles. The van der Waals surface area contributed by atoms with Crippen molar-refractivity contribution in [2.45, 2.75) is 12.8 Å². The highest BCUT2D eigenvalue weighted by Crippen LogP contribution is 2.38. The smallest absolute Gasteiger partial charge is 0.247 e. The van der Waals surface area contributed by atoms with E-state index in [0.717, 1.165) is 19.6 Å². The minimum atomic E-state index is -0.372. The number of methoxy groups -OCH3 is 1. The lowest BCUT2D eigenvalue weighted by molar-refractivity contribution is -0.111. The molecule has 38 heavy (non-hydrogen) atoms. The zero-order valence-electron chi connectivity index (χ0n) is 21.1. The number of pyridine rings is 1. The van der Waals surface area contributed by atoms with E-state index in [9.17, 15) is 4.79 Å². The second-order valence-corrected chi connectivity index (χ2v) is 8.86. The number of carbonyl (C=O) groups excluding carboxylic acids is 1.